The number of carbonyl (C=O) groups is 3. The van der Waals surface area contributed by atoms with E-state index in [1.807, 2.05) is 38.1 Å². The molecule has 1 N–H and O–H groups in total. The van der Waals surface area contributed by atoms with Crippen LogP contribution < -0.4 is 0 Å². The fraction of sp³-hybridized carbons (Fsp3) is 0.333. The number of aromatic nitrogens is 2. The highest BCUT2D eigenvalue weighted by molar-refractivity contribution is 6.46. The zero-order valence-corrected chi connectivity index (χ0v) is 21.1. The van der Waals surface area contributed by atoms with Crippen LogP contribution >= 0.6 is 0 Å². The first-order chi connectivity index (χ1) is 17.1. The van der Waals surface area contributed by atoms with E-state index in [0.717, 1.165) is 12.1 Å². The molecule has 3 heterocycles. The van der Waals surface area contributed by atoms with Crippen molar-refractivity contribution in [2.24, 2.45) is 0 Å². The van der Waals surface area contributed by atoms with Crippen molar-refractivity contribution in [1.29, 1.82) is 0 Å². The molecular formula is C27H30N4O5. The summed E-state index contributed by atoms with van der Waals surface area (Å²) in [5.74, 6) is -2.18. The Kier molecular flexibility index (Phi) is 6.94. The molecule has 9 nitrogen and oxygen atoms in total. The maximum Gasteiger partial charge on any atom is 0.337 e. The monoisotopic (exact) mass is 490 g/mol. The minimum atomic E-state index is -0.811. The van der Waals surface area contributed by atoms with E-state index in [4.69, 9.17) is 4.74 Å². The summed E-state index contributed by atoms with van der Waals surface area (Å²) >= 11 is 0. The van der Waals surface area contributed by atoms with Gasteiger partial charge in [0, 0.05) is 12.7 Å². The van der Waals surface area contributed by atoms with Crippen molar-refractivity contribution in [3.05, 3.63) is 76.2 Å². The van der Waals surface area contributed by atoms with Gasteiger partial charge in [0.05, 0.1) is 30.0 Å². The van der Waals surface area contributed by atoms with Crippen LogP contribution in [0.25, 0.3) is 11.4 Å². The number of amides is 1. The minimum Gasteiger partial charge on any atom is -0.505 e. The Balaban J connectivity index is 1.88. The normalized spacial score (nSPS) is 17.4. The van der Waals surface area contributed by atoms with Crippen molar-refractivity contribution in [1.82, 2.24) is 19.2 Å². The molecule has 4 rings (SSSR count). The second kappa shape index (κ2) is 9.94. The molecule has 0 aliphatic carbocycles. The zero-order valence-electron chi connectivity index (χ0n) is 21.1. The van der Waals surface area contributed by atoms with Crippen LogP contribution in [0.15, 0.2) is 48.2 Å². The molecular weight excluding hydrogens is 460 g/mol. The van der Waals surface area contributed by atoms with Gasteiger partial charge in [-0.2, -0.15) is 0 Å². The number of hydrogen-bond acceptors (Lipinski definition) is 7. The summed E-state index contributed by atoms with van der Waals surface area (Å²) < 4.78 is 6.52. The van der Waals surface area contributed by atoms with E-state index >= 15 is 0 Å². The summed E-state index contributed by atoms with van der Waals surface area (Å²) in [5.41, 5.74) is 3.45. The maximum absolute atomic E-state index is 13.3. The van der Waals surface area contributed by atoms with Gasteiger partial charge in [0.15, 0.2) is 5.76 Å². The molecule has 9 heteroatoms. The molecule has 1 amide bonds. The number of ketones is 1. The summed E-state index contributed by atoms with van der Waals surface area (Å²) in [5, 5.41) is 11.5. The largest absolute Gasteiger partial charge is 0.505 e. The molecule has 0 saturated carbocycles. The Hall–Kier alpha value is -3.98. The molecule has 0 spiro atoms. The number of rotatable bonds is 7. The summed E-state index contributed by atoms with van der Waals surface area (Å²) in [6.07, 6.45) is 2.41. The summed E-state index contributed by atoms with van der Waals surface area (Å²) in [6, 6.07) is 9.48. The molecule has 188 valence electrons. The van der Waals surface area contributed by atoms with Gasteiger partial charge in [-0.1, -0.05) is 18.2 Å². The molecule has 2 aromatic heterocycles. The fourth-order valence-corrected chi connectivity index (χ4v) is 4.66. The SMILES string of the molecule is COC(=O)c1ccc(C2/C(=C(\O)c3c(C)nc4c(C)cccn34)C(=O)C(=O)N2CCCN(C)C)cc1. The molecule has 1 saturated heterocycles. The molecule has 1 unspecified atom stereocenters. The van der Waals surface area contributed by atoms with Gasteiger partial charge in [-0.3, -0.25) is 14.0 Å². The highest BCUT2D eigenvalue weighted by Crippen LogP contribution is 2.40. The van der Waals surface area contributed by atoms with Gasteiger partial charge < -0.3 is 19.6 Å². The number of carbonyl (C=O) groups excluding carboxylic acids is 3. The van der Waals surface area contributed by atoms with E-state index in [2.05, 4.69) is 4.98 Å². The molecule has 0 radical (unpaired) electrons. The first-order valence-corrected chi connectivity index (χ1v) is 11.7. The van der Waals surface area contributed by atoms with Crippen LogP contribution in [0.2, 0.25) is 0 Å². The third-order valence-electron chi connectivity index (χ3n) is 6.44. The number of aliphatic hydroxyl groups is 1. The van der Waals surface area contributed by atoms with Crippen molar-refractivity contribution >= 4 is 29.1 Å². The van der Waals surface area contributed by atoms with Crippen LogP contribution in [0, 0.1) is 13.8 Å². The zero-order chi connectivity index (χ0) is 26.1. The van der Waals surface area contributed by atoms with E-state index in [9.17, 15) is 19.5 Å². The predicted molar refractivity (Wildman–Crippen MR) is 135 cm³/mol. The summed E-state index contributed by atoms with van der Waals surface area (Å²) in [7, 11) is 5.18. The van der Waals surface area contributed by atoms with Crippen LogP contribution in [-0.2, 0) is 14.3 Å². The molecule has 1 aliphatic rings. The number of hydrogen-bond donors (Lipinski definition) is 1. The molecule has 0 bridgehead atoms. The van der Waals surface area contributed by atoms with E-state index in [-0.39, 0.29) is 11.3 Å². The number of aliphatic hydroxyl groups excluding tert-OH is 1. The summed E-state index contributed by atoms with van der Waals surface area (Å²) in [4.78, 5) is 46.5. The van der Waals surface area contributed by atoms with Crippen molar-refractivity contribution in [3.63, 3.8) is 0 Å². The molecule has 1 aliphatic heterocycles. The highest BCUT2D eigenvalue weighted by atomic mass is 16.5. The van der Waals surface area contributed by atoms with Gasteiger partial charge in [-0.15, -0.1) is 0 Å². The van der Waals surface area contributed by atoms with Crippen LogP contribution in [0.3, 0.4) is 0 Å². The first-order valence-electron chi connectivity index (χ1n) is 11.7. The van der Waals surface area contributed by atoms with Crippen LogP contribution in [0.4, 0.5) is 0 Å². The Labute approximate surface area is 209 Å². The lowest BCUT2D eigenvalue weighted by Crippen LogP contribution is -2.32. The number of imidazole rings is 1. The second-order valence-corrected chi connectivity index (χ2v) is 9.19. The van der Waals surface area contributed by atoms with Crippen LogP contribution in [-0.4, -0.2) is 76.2 Å². The minimum absolute atomic E-state index is 0.00192. The standard InChI is InChI=1S/C27H30N4O5/c1-16-8-6-14-30-21(17(2)28-25(16)30)23(32)20-22(18-9-11-19(12-10-18)27(35)36-5)31(26(34)24(20)33)15-7-13-29(3)4/h6,8-12,14,22,32H,7,13,15H2,1-5H3/b23-20+. The van der Waals surface area contributed by atoms with Crippen molar-refractivity contribution in [3.8, 4) is 0 Å². The van der Waals surface area contributed by atoms with E-state index in [1.54, 1.807) is 41.8 Å². The number of likely N-dealkylation sites (tertiary alicyclic amines) is 1. The maximum atomic E-state index is 13.3. The number of fused-ring (bicyclic) bond motifs is 1. The molecule has 1 atom stereocenters. The number of methoxy groups -OCH3 is 1. The molecule has 36 heavy (non-hydrogen) atoms. The van der Waals surface area contributed by atoms with Gasteiger partial charge in [0.1, 0.15) is 11.3 Å². The lowest BCUT2D eigenvalue weighted by molar-refractivity contribution is -0.139. The van der Waals surface area contributed by atoms with Gasteiger partial charge in [0.25, 0.3) is 11.7 Å². The van der Waals surface area contributed by atoms with Gasteiger partial charge >= 0.3 is 5.97 Å². The Bertz CT molecular complexity index is 1370. The van der Waals surface area contributed by atoms with E-state index < -0.39 is 23.7 Å². The van der Waals surface area contributed by atoms with Gasteiger partial charge in [-0.05, 0) is 70.2 Å². The number of Topliss-reactive ketones (excluding diaryl/α,β-unsaturated/α-hetero) is 1. The van der Waals surface area contributed by atoms with Gasteiger partial charge in [-0.25, -0.2) is 9.78 Å². The van der Waals surface area contributed by atoms with Crippen LogP contribution in [0.5, 0.6) is 0 Å². The van der Waals surface area contributed by atoms with Crippen molar-refractivity contribution in [2.75, 3.05) is 34.3 Å². The first kappa shape index (κ1) is 25.1. The fourth-order valence-electron chi connectivity index (χ4n) is 4.66. The predicted octanol–water partition coefficient (Wildman–Crippen LogP) is 3.11. The smallest absolute Gasteiger partial charge is 0.337 e. The number of pyridine rings is 1. The summed E-state index contributed by atoms with van der Waals surface area (Å²) in [6.45, 7) is 4.73. The lowest BCUT2D eigenvalue weighted by atomic mass is 9.95. The van der Waals surface area contributed by atoms with Gasteiger partial charge in [0.2, 0.25) is 0 Å². The van der Waals surface area contributed by atoms with Crippen molar-refractivity contribution < 1.29 is 24.2 Å². The van der Waals surface area contributed by atoms with Crippen LogP contribution in [0.1, 0.15) is 45.3 Å². The average Bonchev–Trinajstić information content (AvgIpc) is 3.32. The third-order valence-corrected chi connectivity index (χ3v) is 6.44. The third kappa shape index (κ3) is 4.37. The molecule has 1 aromatic carbocycles. The highest BCUT2D eigenvalue weighted by Gasteiger charge is 2.46. The Morgan fingerprint density at radius 2 is 1.83 bits per heavy atom. The Morgan fingerprint density at radius 1 is 1.14 bits per heavy atom. The average molecular weight is 491 g/mol. The van der Waals surface area contributed by atoms with E-state index in [0.29, 0.717) is 41.1 Å². The Morgan fingerprint density at radius 3 is 2.47 bits per heavy atom. The van der Waals surface area contributed by atoms with E-state index in [1.165, 1.54) is 12.0 Å². The number of aryl methyl sites for hydroxylation is 2. The topological polar surface area (TPSA) is 104 Å². The lowest BCUT2D eigenvalue weighted by Gasteiger charge is -2.26. The number of esters is 1. The molecule has 1 fully saturated rings. The second-order valence-electron chi connectivity index (χ2n) is 9.19. The number of nitrogens with zero attached hydrogens (tertiary/aromatic N) is 4. The van der Waals surface area contributed by atoms with Crippen molar-refractivity contribution in [2.45, 2.75) is 26.3 Å². The number of ether oxygens (including phenoxy) is 1. The molecule has 3 aromatic rings. The number of benzene rings is 1. The quantitative estimate of drug-likeness (QED) is 0.235.